The van der Waals surface area contributed by atoms with E-state index in [0.717, 1.165) is 12.1 Å². The highest BCUT2D eigenvalue weighted by atomic mass is 35.5. The van der Waals surface area contributed by atoms with Crippen molar-refractivity contribution in [1.82, 2.24) is 10.2 Å². The minimum atomic E-state index is -0.707. The van der Waals surface area contributed by atoms with Crippen LogP contribution in [-0.2, 0) is 11.3 Å². The molecule has 0 radical (unpaired) electrons. The molecule has 1 aliphatic rings. The third kappa shape index (κ3) is 3.80. The van der Waals surface area contributed by atoms with Gasteiger partial charge < -0.3 is 15.0 Å². The zero-order chi connectivity index (χ0) is 13.8. The van der Waals surface area contributed by atoms with E-state index in [-0.39, 0.29) is 24.0 Å². The highest BCUT2D eigenvalue weighted by Gasteiger charge is 2.24. The number of amides is 1. The first-order valence-corrected chi connectivity index (χ1v) is 6.16. The first kappa shape index (κ1) is 16.7. The number of rotatable bonds is 2. The molecule has 1 N–H and O–H groups in total. The lowest BCUT2D eigenvalue weighted by molar-refractivity contribution is 0.0744. The average molecular weight is 307 g/mol. The van der Waals surface area contributed by atoms with Gasteiger partial charge in [-0.15, -0.1) is 12.4 Å². The quantitative estimate of drug-likeness (QED) is 0.912. The van der Waals surface area contributed by atoms with Crippen LogP contribution in [0.5, 0.6) is 0 Å². The first-order chi connectivity index (χ1) is 9.09. The number of hydrogen-bond donors (Lipinski definition) is 1. The van der Waals surface area contributed by atoms with Crippen molar-refractivity contribution in [3.05, 3.63) is 35.4 Å². The standard InChI is InChI=1S/C13H16F2N2O2.ClH/c1-9-7-16-5-6-17(9)13(18)19-8-10-11(14)3-2-4-12(10)15;/h2-4,9,16H,5-8H2,1H3;1H/t9-;/m1./s1. The van der Waals surface area contributed by atoms with E-state index in [1.807, 2.05) is 6.92 Å². The smallest absolute Gasteiger partial charge is 0.410 e. The Labute approximate surface area is 122 Å². The molecule has 4 nitrogen and oxygen atoms in total. The molecule has 1 heterocycles. The molecule has 0 aromatic heterocycles. The van der Waals surface area contributed by atoms with Crippen molar-refractivity contribution in [1.29, 1.82) is 0 Å². The second kappa shape index (κ2) is 7.40. The van der Waals surface area contributed by atoms with E-state index in [1.165, 1.54) is 6.07 Å². The van der Waals surface area contributed by atoms with Crippen LogP contribution in [0.15, 0.2) is 18.2 Å². The van der Waals surface area contributed by atoms with Gasteiger partial charge in [0, 0.05) is 25.7 Å². The highest BCUT2D eigenvalue weighted by molar-refractivity contribution is 5.85. The largest absolute Gasteiger partial charge is 0.444 e. The lowest BCUT2D eigenvalue weighted by Crippen LogP contribution is -2.52. The van der Waals surface area contributed by atoms with Gasteiger partial charge in [0.05, 0.1) is 5.56 Å². The molecule has 1 atom stereocenters. The maximum Gasteiger partial charge on any atom is 0.410 e. The monoisotopic (exact) mass is 306 g/mol. The van der Waals surface area contributed by atoms with E-state index in [9.17, 15) is 13.6 Å². The summed E-state index contributed by atoms with van der Waals surface area (Å²) < 4.78 is 31.7. The summed E-state index contributed by atoms with van der Waals surface area (Å²) in [6, 6.07) is 3.56. The number of piperazine rings is 1. The Morgan fingerprint density at radius 2 is 2.10 bits per heavy atom. The molecular weight excluding hydrogens is 290 g/mol. The summed E-state index contributed by atoms with van der Waals surface area (Å²) in [5.41, 5.74) is -0.223. The molecule has 1 fully saturated rings. The van der Waals surface area contributed by atoms with Gasteiger partial charge in [-0.05, 0) is 19.1 Å². The number of halogens is 3. The molecule has 1 aromatic carbocycles. The fourth-order valence-electron chi connectivity index (χ4n) is 2.00. The zero-order valence-corrected chi connectivity index (χ0v) is 11.9. The average Bonchev–Trinajstić information content (AvgIpc) is 2.38. The fraction of sp³-hybridized carbons (Fsp3) is 0.462. The van der Waals surface area contributed by atoms with Gasteiger partial charge in [0.1, 0.15) is 18.2 Å². The molecule has 20 heavy (non-hydrogen) atoms. The van der Waals surface area contributed by atoms with E-state index in [4.69, 9.17) is 4.74 Å². The van der Waals surface area contributed by atoms with Crippen LogP contribution in [0.25, 0.3) is 0 Å². The second-order valence-electron chi connectivity index (χ2n) is 4.50. The Balaban J connectivity index is 0.00000200. The van der Waals surface area contributed by atoms with Crippen LogP contribution < -0.4 is 5.32 Å². The van der Waals surface area contributed by atoms with Crippen molar-refractivity contribution < 1.29 is 18.3 Å². The van der Waals surface area contributed by atoms with Crippen LogP contribution >= 0.6 is 12.4 Å². The van der Waals surface area contributed by atoms with Crippen LogP contribution in [0.2, 0.25) is 0 Å². The van der Waals surface area contributed by atoms with E-state index < -0.39 is 24.3 Å². The Morgan fingerprint density at radius 3 is 2.70 bits per heavy atom. The predicted molar refractivity (Wildman–Crippen MR) is 72.8 cm³/mol. The minimum absolute atomic E-state index is 0. The SMILES string of the molecule is C[C@@H]1CNCCN1C(=O)OCc1c(F)cccc1F.Cl. The first-order valence-electron chi connectivity index (χ1n) is 6.16. The van der Waals surface area contributed by atoms with Crippen LogP contribution in [0.3, 0.4) is 0 Å². The Morgan fingerprint density at radius 1 is 1.45 bits per heavy atom. The molecule has 0 bridgehead atoms. The van der Waals surface area contributed by atoms with E-state index >= 15 is 0 Å². The van der Waals surface area contributed by atoms with Gasteiger partial charge in [-0.2, -0.15) is 0 Å². The summed E-state index contributed by atoms with van der Waals surface area (Å²) in [6.07, 6.45) is -0.545. The third-order valence-corrected chi connectivity index (χ3v) is 3.14. The van der Waals surface area contributed by atoms with Gasteiger partial charge in [-0.3, -0.25) is 0 Å². The van der Waals surface area contributed by atoms with Gasteiger partial charge in [0.15, 0.2) is 0 Å². The van der Waals surface area contributed by atoms with Crippen molar-refractivity contribution in [2.75, 3.05) is 19.6 Å². The van der Waals surface area contributed by atoms with Gasteiger partial charge in [-0.25, -0.2) is 13.6 Å². The second-order valence-corrected chi connectivity index (χ2v) is 4.50. The molecule has 0 unspecified atom stereocenters. The van der Waals surface area contributed by atoms with Crippen molar-refractivity contribution >= 4 is 18.5 Å². The Hall–Kier alpha value is -1.40. The lowest BCUT2D eigenvalue weighted by atomic mass is 10.2. The van der Waals surface area contributed by atoms with Gasteiger partial charge in [0.25, 0.3) is 0 Å². The molecule has 7 heteroatoms. The van der Waals surface area contributed by atoms with Crippen molar-refractivity contribution in [2.24, 2.45) is 0 Å². The number of nitrogens with zero attached hydrogens (tertiary/aromatic N) is 1. The number of carbonyl (C=O) groups excluding carboxylic acids is 1. The van der Waals surface area contributed by atoms with Crippen molar-refractivity contribution in [3.8, 4) is 0 Å². The number of hydrogen-bond acceptors (Lipinski definition) is 3. The molecule has 0 aliphatic carbocycles. The van der Waals surface area contributed by atoms with Gasteiger partial charge >= 0.3 is 6.09 Å². The summed E-state index contributed by atoms with van der Waals surface area (Å²) in [5.74, 6) is -1.41. The topological polar surface area (TPSA) is 41.6 Å². The molecule has 1 aliphatic heterocycles. The predicted octanol–water partition coefficient (Wildman–Crippen LogP) is 2.32. The summed E-state index contributed by atoms with van der Waals surface area (Å²) in [4.78, 5) is 13.4. The maximum absolute atomic E-state index is 13.4. The van der Waals surface area contributed by atoms with Crippen molar-refractivity contribution in [2.45, 2.75) is 19.6 Å². The van der Waals surface area contributed by atoms with Crippen LogP contribution in [-0.4, -0.2) is 36.7 Å². The molecule has 0 saturated carbocycles. The molecule has 112 valence electrons. The summed E-state index contributed by atoms with van der Waals surface area (Å²) in [7, 11) is 0. The molecule has 1 saturated heterocycles. The zero-order valence-electron chi connectivity index (χ0n) is 11.1. The summed E-state index contributed by atoms with van der Waals surface area (Å²) in [6.45, 7) is 3.39. The molecule has 2 rings (SSSR count). The Bertz CT molecular complexity index is 453. The minimum Gasteiger partial charge on any atom is -0.444 e. The number of carbonyl (C=O) groups is 1. The number of nitrogens with one attached hydrogen (secondary N) is 1. The molecule has 1 amide bonds. The fourth-order valence-corrected chi connectivity index (χ4v) is 2.00. The number of ether oxygens (including phenoxy) is 1. The van der Waals surface area contributed by atoms with Crippen molar-refractivity contribution in [3.63, 3.8) is 0 Å². The summed E-state index contributed by atoms with van der Waals surface area (Å²) >= 11 is 0. The Kier molecular flexibility index (Phi) is 6.16. The molecule has 0 spiro atoms. The van der Waals surface area contributed by atoms with Crippen LogP contribution in [0.1, 0.15) is 12.5 Å². The van der Waals surface area contributed by atoms with E-state index in [0.29, 0.717) is 19.6 Å². The third-order valence-electron chi connectivity index (χ3n) is 3.14. The van der Waals surface area contributed by atoms with Crippen LogP contribution in [0.4, 0.5) is 13.6 Å². The highest BCUT2D eigenvalue weighted by Crippen LogP contribution is 2.14. The normalized spacial score (nSPS) is 18.4. The lowest BCUT2D eigenvalue weighted by Gasteiger charge is -2.32. The number of benzene rings is 1. The van der Waals surface area contributed by atoms with E-state index in [1.54, 1.807) is 4.90 Å². The summed E-state index contributed by atoms with van der Waals surface area (Å²) in [5, 5.41) is 3.14. The van der Waals surface area contributed by atoms with Gasteiger partial charge in [-0.1, -0.05) is 6.07 Å². The van der Waals surface area contributed by atoms with Crippen LogP contribution in [0, 0.1) is 11.6 Å². The van der Waals surface area contributed by atoms with Gasteiger partial charge in [0.2, 0.25) is 0 Å². The maximum atomic E-state index is 13.4. The molecule has 1 aromatic rings. The van der Waals surface area contributed by atoms with E-state index in [2.05, 4.69) is 5.32 Å². The molecular formula is C13H17ClF2N2O2.